The fourth-order valence-electron chi connectivity index (χ4n) is 3.98. The number of aromatic nitrogens is 1. The van der Waals surface area contributed by atoms with Gasteiger partial charge in [-0.2, -0.15) is 0 Å². The Morgan fingerprint density at radius 1 is 1.19 bits per heavy atom. The van der Waals surface area contributed by atoms with E-state index in [1.807, 2.05) is 55.6 Å². The second kappa shape index (κ2) is 9.12. The van der Waals surface area contributed by atoms with Crippen molar-refractivity contribution >= 4 is 28.4 Å². The first-order chi connectivity index (χ1) is 15.1. The number of ether oxygens (including phenoxy) is 2. The summed E-state index contributed by atoms with van der Waals surface area (Å²) in [4.78, 5) is 30.0. The molecule has 1 aliphatic rings. The smallest absolute Gasteiger partial charge is 0.227 e. The Labute approximate surface area is 181 Å². The molecular formula is C24H27N3O4. The van der Waals surface area contributed by atoms with Gasteiger partial charge in [-0.25, -0.2) is 0 Å². The fourth-order valence-corrected chi connectivity index (χ4v) is 3.98. The number of hydrogen-bond acceptors (Lipinski definition) is 4. The van der Waals surface area contributed by atoms with E-state index in [1.165, 1.54) is 0 Å². The van der Waals surface area contributed by atoms with Crippen LogP contribution >= 0.6 is 0 Å². The standard InChI is InChI=1S/C24H27N3O4/c1-3-31-19-6-4-18(5-7-19)27-15-17(12-23(27)28)24(29)25-11-10-16-14-26-22-9-8-20(30-2)13-21(16)22/h4-9,13-14,17,26H,3,10-12,15H2,1-2H3,(H,25,29)/t17-/m1/s1. The zero-order valence-corrected chi connectivity index (χ0v) is 17.8. The fraction of sp³-hybridized carbons (Fsp3) is 0.333. The molecule has 1 aromatic heterocycles. The van der Waals surface area contributed by atoms with E-state index in [-0.39, 0.29) is 24.2 Å². The Balaban J connectivity index is 1.33. The minimum Gasteiger partial charge on any atom is -0.497 e. The molecule has 1 saturated heterocycles. The van der Waals surface area contributed by atoms with Gasteiger partial charge >= 0.3 is 0 Å². The second-order valence-corrected chi connectivity index (χ2v) is 7.60. The summed E-state index contributed by atoms with van der Waals surface area (Å²) in [6.07, 6.45) is 2.88. The van der Waals surface area contributed by atoms with Crippen LogP contribution in [0, 0.1) is 5.92 Å². The molecule has 4 rings (SSSR count). The Hall–Kier alpha value is -3.48. The van der Waals surface area contributed by atoms with Crippen molar-refractivity contribution in [3.63, 3.8) is 0 Å². The van der Waals surface area contributed by atoms with Crippen LogP contribution in [0.5, 0.6) is 11.5 Å². The van der Waals surface area contributed by atoms with E-state index in [0.717, 1.165) is 33.7 Å². The second-order valence-electron chi connectivity index (χ2n) is 7.60. The van der Waals surface area contributed by atoms with Gasteiger partial charge in [-0.3, -0.25) is 9.59 Å². The number of hydrogen-bond donors (Lipinski definition) is 2. The average Bonchev–Trinajstić information content (AvgIpc) is 3.37. The molecule has 31 heavy (non-hydrogen) atoms. The lowest BCUT2D eigenvalue weighted by atomic mass is 10.1. The number of nitrogens with one attached hydrogen (secondary N) is 2. The number of anilines is 1. The number of amides is 2. The van der Waals surface area contributed by atoms with Gasteiger partial charge in [-0.15, -0.1) is 0 Å². The normalized spacial score (nSPS) is 16.0. The van der Waals surface area contributed by atoms with Crippen molar-refractivity contribution in [2.24, 2.45) is 5.92 Å². The molecular weight excluding hydrogens is 394 g/mol. The summed E-state index contributed by atoms with van der Waals surface area (Å²) >= 11 is 0. The number of carbonyl (C=O) groups excluding carboxylic acids is 2. The third-order valence-corrected chi connectivity index (χ3v) is 5.62. The highest BCUT2D eigenvalue weighted by molar-refractivity contribution is 6.00. The molecule has 2 aromatic carbocycles. The van der Waals surface area contributed by atoms with E-state index < -0.39 is 0 Å². The van der Waals surface area contributed by atoms with Gasteiger partial charge in [0, 0.05) is 42.3 Å². The summed E-state index contributed by atoms with van der Waals surface area (Å²) in [5.41, 5.74) is 2.94. The van der Waals surface area contributed by atoms with Crippen molar-refractivity contribution in [3.05, 3.63) is 54.2 Å². The number of rotatable bonds is 8. The van der Waals surface area contributed by atoms with E-state index >= 15 is 0 Å². The summed E-state index contributed by atoms with van der Waals surface area (Å²) < 4.78 is 10.8. The van der Waals surface area contributed by atoms with E-state index in [1.54, 1.807) is 12.0 Å². The number of carbonyl (C=O) groups is 2. The number of H-pyrrole nitrogens is 1. The molecule has 0 bridgehead atoms. The van der Waals surface area contributed by atoms with Gasteiger partial charge in [-0.1, -0.05) is 0 Å². The molecule has 1 aliphatic heterocycles. The van der Waals surface area contributed by atoms with Gasteiger partial charge in [-0.05, 0) is 61.4 Å². The maximum Gasteiger partial charge on any atom is 0.227 e. The predicted molar refractivity (Wildman–Crippen MR) is 120 cm³/mol. The molecule has 1 atom stereocenters. The summed E-state index contributed by atoms with van der Waals surface area (Å²) in [7, 11) is 1.65. The first-order valence-electron chi connectivity index (χ1n) is 10.5. The number of benzene rings is 2. The summed E-state index contributed by atoms with van der Waals surface area (Å²) in [6, 6.07) is 13.3. The maximum absolute atomic E-state index is 12.7. The summed E-state index contributed by atoms with van der Waals surface area (Å²) in [6.45, 7) is 3.42. The Bertz CT molecular complexity index is 1070. The molecule has 7 nitrogen and oxygen atoms in total. The van der Waals surface area contributed by atoms with Crippen LogP contribution in [0.3, 0.4) is 0 Å². The van der Waals surface area contributed by atoms with E-state index in [4.69, 9.17) is 9.47 Å². The van der Waals surface area contributed by atoms with Crippen LogP contribution in [0.4, 0.5) is 5.69 Å². The largest absolute Gasteiger partial charge is 0.497 e. The van der Waals surface area contributed by atoms with E-state index in [0.29, 0.717) is 26.1 Å². The SMILES string of the molecule is CCOc1ccc(N2C[C@H](C(=O)NCCc3c[nH]c4ccc(OC)cc34)CC2=O)cc1. The third-order valence-electron chi connectivity index (χ3n) is 5.62. The number of methoxy groups -OCH3 is 1. The Kier molecular flexibility index (Phi) is 6.11. The van der Waals surface area contributed by atoms with Gasteiger partial charge in [0.2, 0.25) is 11.8 Å². The highest BCUT2D eigenvalue weighted by Crippen LogP contribution is 2.27. The van der Waals surface area contributed by atoms with Crippen LogP contribution in [0.15, 0.2) is 48.7 Å². The molecule has 0 radical (unpaired) electrons. The molecule has 7 heteroatoms. The number of nitrogens with zero attached hydrogens (tertiary/aromatic N) is 1. The predicted octanol–water partition coefficient (Wildman–Crippen LogP) is 3.29. The highest BCUT2D eigenvalue weighted by Gasteiger charge is 2.34. The topological polar surface area (TPSA) is 83.7 Å². The first kappa shape index (κ1) is 20.8. The highest BCUT2D eigenvalue weighted by atomic mass is 16.5. The molecule has 1 fully saturated rings. The van der Waals surface area contributed by atoms with Gasteiger partial charge in [0.15, 0.2) is 0 Å². The molecule has 0 aliphatic carbocycles. The number of aromatic amines is 1. The van der Waals surface area contributed by atoms with Crippen molar-refractivity contribution in [1.29, 1.82) is 0 Å². The van der Waals surface area contributed by atoms with Crippen LogP contribution in [-0.4, -0.2) is 43.6 Å². The van der Waals surface area contributed by atoms with E-state index in [9.17, 15) is 9.59 Å². The summed E-state index contributed by atoms with van der Waals surface area (Å²) in [5.74, 6) is 1.10. The third kappa shape index (κ3) is 4.50. The number of fused-ring (bicyclic) bond motifs is 1. The minimum absolute atomic E-state index is 0.0342. The maximum atomic E-state index is 12.7. The molecule has 2 amide bonds. The van der Waals surface area contributed by atoms with Crippen LogP contribution in [-0.2, 0) is 16.0 Å². The van der Waals surface area contributed by atoms with Crippen LogP contribution in [0.25, 0.3) is 10.9 Å². The molecule has 0 saturated carbocycles. The molecule has 2 N–H and O–H groups in total. The zero-order valence-electron chi connectivity index (χ0n) is 17.8. The minimum atomic E-state index is -0.345. The first-order valence-corrected chi connectivity index (χ1v) is 10.5. The molecule has 0 spiro atoms. The lowest BCUT2D eigenvalue weighted by Gasteiger charge is -2.17. The van der Waals surface area contributed by atoms with Crippen molar-refractivity contribution in [1.82, 2.24) is 10.3 Å². The zero-order chi connectivity index (χ0) is 21.8. The van der Waals surface area contributed by atoms with Crippen molar-refractivity contribution in [2.45, 2.75) is 19.8 Å². The van der Waals surface area contributed by atoms with Crippen LogP contribution < -0.4 is 19.7 Å². The van der Waals surface area contributed by atoms with E-state index in [2.05, 4.69) is 10.3 Å². The lowest BCUT2D eigenvalue weighted by Crippen LogP contribution is -2.34. The van der Waals surface area contributed by atoms with Gasteiger partial charge in [0.25, 0.3) is 0 Å². The van der Waals surface area contributed by atoms with Crippen LogP contribution in [0.2, 0.25) is 0 Å². The molecule has 2 heterocycles. The molecule has 0 unspecified atom stereocenters. The summed E-state index contributed by atoms with van der Waals surface area (Å²) in [5, 5.41) is 4.08. The van der Waals surface area contributed by atoms with Gasteiger partial charge in [0.1, 0.15) is 11.5 Å². The molecule has 3 aromatic rings. The monoisotopic (exact) mass is 421 g/mol. The van der Waals surface area contributed by atoms with Crippen LogP contribution in [0.1, 0.15) is 18.9 Å². The quantitative estimate of drug-likeness (QED) is 0.585. The van der Waals surface area contributed by atoms with Crippen molar-refractivity contribution in [2.75, 3.05) is 31.7 Å². The van der Waals surface area contributed by atoms with Crippen molar-refractivity contribution in [3.8, 4) is 11.5 Å². The van der Waals surface area contributed by atoms with Gasteiger partial charge in [0.05, 0.1) is 19.6 Å². The molecule has 162 valence electrons. The van der Waals surface area contributed by atoms with Gasteiger partial charge < -0.3 is 24.7 Å². The van der Waals surface area contributed by atoms with Crippen molar-refractivity contribution < 1.29 is 19.1 Å². The Morgan fingerprint density at radius 3 is 2.71 bits per heavy atom. The average molecular weight is 421 g/mol. The lowest BCUT2D eigenvalue weighted by molar-refractivity contribution is -0.126. The Morgan fingerprint density at radius 2 is 1.97 bits per heavy atom.